The molecule has 1 fully saturated rings. The van der Waals surface area contributed by atoms with Crippen molar-refractivity contribution in [1.29, 1.82) is 0 Å². The molecule has 0 saturated carbocycles. The lowest BCUT2D eigenvalue weighted by Crippen LogP contribution is -2.34. The van der Waals surface area contributed by atoms with Crippen molar-refractivity contribution >= 4 is 29.3 Å². The number of hydrogen-bond donors (Lipinski definition) is 1. The molecule has 0 aliphatic carbocycles. The first-order chi connectivity index (χ1) is 13.2. The van der Waals surface area contributed by atoms with Gasteiger partial charge in [-0.3, -0.25) is 5.32 Å². The number of esters is 1. The summed E-state index contributed by atoms with van der Waals surface area (Å²) < 4.78 is 10.3. The maximum atomic E-state index is 12.4. The van der Waals surface area contributed by atoms with Crippen LogP contribution >= 0.6 is 0 Å². The van der Waals surface area contributed by atoms with Crippen molar-refractivity contribution in [2.45, 2.75) is 19.1 Å². The molecule has 27 heavy (non-hydrogen) atoms. The summed E-state index contributed by atoms with van der Waals surface area (Å²) >= 11 is 0. The zero-order valence-corrected chi connectivity index (χ0v) is 14.8. The number of amides is 1. The third-order valence-electron chi connectivity index (χ3n) is 4.68. The topological polar surface area (TPSA) is 80.2 Å². The van der Waals surface area contributed by atoms with Crippen LogP contribution in [0.3, 0.4) is 0 Å². The van der Waals surface area contributed by atoms with Gasteiger partial charge >= 0.3 is 12.1 Å². The number of benzene rings is 2. The normalized spacial score (nSPS) is 17.4. The van der Waals surface area contributed by atoms with Crippen LogP contribution in [-0.4, -0.2) is 42.6 Å². The van der Waals surface area contributed by atoms with Gasteiger partial charge in [-0.1, -0.05) is 30.3 Å². The minimum Gasteiger partial charge on any atom is -0.465 e. The smallest absolute Gasteiger partial charge is 0.412 e. The summed E-state index contributed by atoms with van der Waals surface area (Å²) in [6.45, 7) is 1.55. The zero-order chi connectivity index (χ0) is 18.8. The van der Waals surface area contributed by atoms with Crippen LogP contribution in [0.2, 0.25) is 0 Å². The average Bonchev–Trinajstić information content (AvgIpc) is 3.07. The van der Waals surface area contributed by atoms with Gasteiger partial charge in [-0.05, 0) is 23.8 Å². The molecule has 138 valence electrons. The van der Waals surface area contributed by atoms with Crippen LogP contribution in [0.25, 0.3) is 0 Å². The van der Waals surface area contributed by atoms with E-state index in [-0.39, 0.29) is 5.56 Å². The van der Waals surface area contributed by atoms with Gasteiger partial charge in [0, 0.05) is 19.5 Å². The van der Waals surface area contributed by atoms with Crippen molar-refractivity contribution in [1.82, 2.24) is 4.90 Å². The highest BCUT2D eigenvalue weighted by molar-refractivity contribution is 6.00. The lowest BCUT2D eigenvalue weighted by Gasteiger charge is -2.26. The number of anilines is 1. The number of carbonyl (C=O) groups excluding carboxylic acids is 2. The molecule has 7 nitrogen and oxygen atoms in total. The van der Waals surface area contributed by atoms with Gasteiger partial charge in [-0.25, -0.2) is 14.6 Å². The highest BCUT2D eigenvalue weighted by Gasteiger charge is 2.35. The van der Waals surface area contributed by atoms with Gasteiger partial charge < -0.3 is 14.4 Å². The van der Waals surface area contributed by atoms with E-state index in [9.17, 15) is 9.59 Å². The predicted octanol–water partition coefficient (Wildman–Crippen LogP) is 3.34. The maximum Gasteiger partial charge on any atom is 0.412 e. The Morgan fingerprint density at radius 1 is 1.15 bits per heavy atom. The van der Waals surface area contributed by atoms with Crippen LogP contribution in [-0.2, 0) is 16.0 Å². The van der Waals surface area contributed by atoms with E-state index in [2.05, 4.69) is 21.3 Å². The van der Waals surface area contributed by atoms with Crippen molar-refractivity contribution < 1.29 is 19.1 Å². The fourth-order valence-electron chi connectivity index (χ4n) is 3.37. The van der Waals surface area contributed by atoms with E-state index in [4.69, 9.17) is 9.47 Å². The van der Waals surface area contributed by atoms with Crippen molar-refractivity contribution in [3.05, 3.63) is 59.7 Å². The lowest BCUT2D eigenvalue weighted by molar-refractivity contribution is 0.0602. The van der Waals surface area contributed by atoms with Crippen LogP contribution in [0.5, 0.6) is 0 Å². The monoisotopic (exact) mass is 365 g/mol. The van der Waals surface area contributed by atoms with E-state index in [0.717, 1.165) is 24.6 Å². The van der Waals surface area contributed by atoms with E-state index >= 15 is 0 Å². The Balaban J connectivity index is 1.48. The van der Waals surface area contributed by atoms with E-state index in [0.29, 0.717) is 12.1 Å². The van der Waals surface area contributed by atoms with Gasteiger partial charge in [0.15, 0.2) is 6.10 Å². The summed E-state index contributed by atoms with van der Waals surface area (Å²) in [5.41, 5.74) is 2.70. The number of hydrogen-bond acceptors (Lipinski definition) is 6. The van der Waals surface area contributed by atoms with Crippen LogP contribution < -0.4 is 5.32 Å². The number of rotatable bonds is 3. The number of methoxy groups -OCH3 is 1. The number of para-hydroxylation sites is 2. The molecule has 1 unspecified atom stereocenters. The summed E-state index contributed by atoms with van der Waals surface area (Å²) in [4.78, 5) is 31.0. The number of ether oxygens (including phenoxy) is 2. The number of nitrogens with zero attached hydrogens (tertiary/aromatic N) is 2. The molecule has 2 aromatic rings. The Morgan fingerprint density at radius 2 is 1.93 bits per heavy atom. The van der Waals surface area contributed by atoms with Crippen molar-refractivity contribution in [3.63, 3.8) is 0 Å². The molecule has 2 aliphatic heterocycles. The lowest BCUT2D eigenvalue weighted by atomic mass is 10.1. The van der Waals surface area contributed by atoms with E-state index in [1.54, 1.807) is 24.3 Å². The Bertz CT molecular complexity index is 925. The molecule has 1 saturated heterocycles. The first-order valence-corrected chi connectivity index (χ1v) is 8.72. The summed E-state index contributed by atoms with van der Waals surface area (Å²) in [5.74, 6) is 0.247. The van der Waals surface area contributed by atoms with Gasteiger partial charge in [0.2, 0.25) is 0 Å². The fourth-order valence-corrected chi connectivity index (χ4v) is 3.37. The number of aliphatic imine (C=N–C) groups is 1. The number of carbonyl (C=O) groups is 2. The van der Waals surface area contributed by atoms with E-state index in [1.807, 2.05) is 18.2 Å². The first kappa shape index (κ1) is 17.1. The second kappa shape index (κ2) is 7.11. The molecular weight excluding hydrogens is 346 g/mol. The molecule has 0 radical (unpaired) electrons. The third kappa shape index (κ3) is 3.36. The summed E-state index contributed by atoms with van der Waals surface area (Å²) in [6, 6.07) is 14.6. The van der Waals surface area contributed by atoms with Crippen molar-refractivity contribution in [3.8, 4) is 0 Å². The van der Waals surface area contributed by atoms with Crippen molar-refractivity contribution in [2.75, 3.05) is 19.0 Å². The summed E-state index contributed by atoms with van der Waals surface area (Å²) in [5, 5.41) is 2.63. The van der Waals surface area contributed by atoms with Crippen LogP contribution in [0.15, 0.2) is 53.5 Å². The van der Waals surface area contributed by atoms with Crippen LogP contribution in [0.4, 0.5) is 16.2 Å². The Hall–Kier alpha value is -3.35. The summed E-state index contributed by atoms with van der Waals surface area (Å²) in [6.07, 6.45) is -0.359. The van der Waals surface area contributed by atoms with Crippen LogP contribution in [0, 0.1) is 0 Å². The van der Waals surface area contributed by atoms with E-state index < -0.39 is 18.2 Å². The van der Waals surface area contributed by atoms with Crippen molar-refractivity contribution in [2.24, 2.45) is 4.99 Å². The fraction of sp³-hybridized carbons (Fsp3) is 0.250. The van der Waals surface area contributed by atoms with E-state index in [1.165, 1.54) is 12.7 Å². The van der Waals surface area contributed by atoms with Gasteiger partial charge in [0.1, 0.15) is 5.84 Å². The molecule has 2 heterocycles. The van der Waals surface area contributed by atoms with Gasteiger partial charge in [-0.2, -0.15) is 0 Å². The number of nitrogens with one attached hydrogen (secondary N) is 1. The minimum absolute atomic E-state index is 0.272. The molecule has 1 amide bonds. The second-order valence-electron chi connectivity index (χ2n) is 6.37. The second-order valence-corrected chi connectivity index (χ2v) is 6.37. The quantitative estimate of drug-likeness (QED) is 0.844. The molecule has 7 heteroatoms. The highest BCUT2D eigenvalue weighted by Crippen LogP contribution is 2.31. The first-order valence-electron chi connectivity index (χ1n) is 8.72. The summed E-state index contributed by atoms with van der Waals surface area (Å²) in [7, 11) is 1.30. The minimum atomic E-state index is -0.625. The largest absolute Gasteiger partial charge is 0.465 e. The highest BCUT2D eigenvalue weighted by atomic mass is 16.6. The molecule has 1 atom stereocenters. The molecule has 4 rings (SSSR count). The van der Waals surface area contributed by atoms with Crippen LogP contribution in [0.1, 0.15) is 22.3 Å². The molecule has 0 aromatic heterocycles. The Labute approximate surface area is 156 Å². The zero-order valence-electron chi connectivity index (χ0n) is 14.8. The molecule has 2 aromatic carbocycles. The van der Waals surface area contributed by atoms with Gasteiger partial charge in [0.05, 0.1) is 24.0 Å². The standard InChI is InChI=1S/C20H19N3O4/c1-26-19(24)14-7-3-5-9-16(14)22-20(25)27-17-10-11-23-12-13-6-2-4-8-15(13)21-18(17)23/h2-9,17H,10-12H2,1H3,(H,22,25). The van der Waals surface area contributed by atoms with Gasteiger partial charge in [-0.15, -0.1) is 0 Å². The third-order valence-corrected chi connectivity index (χ3v) is 4.68. The number of amidine groups is 1. The average molecular weight is 365 g/mol. The Morgan fingerprint density at radius 3 is 2.78 bits per heavy atom. The maximum absolute atomic E-state index is 12.4. The molecule has 0 spiro atoms. The van der Waals surface area contributed by atoms with Gasteiger partial charge in [0.25, 0.3) is 0 Å². The predicted molar refractivity (Wildman–Crippen MR) is 100 cm³/mol. The Kier molecular flexibility index (Phi) is 4.50. The SMILES string of the molecule is COC(=O)c1ccccc1NC(=O)OC1CCN2Cc3ccccc3N=C12. The number of fused-ring (bicyclic) bond motifs is 2. The molecular formula is C20H19N3O4. The molecule has 1 N–H and O–H groups in total. The molecule has 0 bridgehead atoms. The molecule has 2 aliphatic rings.